The molecule has 1 aliphatic rings. The first-order valence-electron chi connectivity index (χ1n) is 1.99. The summed E-state index contributed by atoms with van der Waals surface area (Å²) in [6, 6.07) is 0. The van der Waals surface area contributed by atoms with Crippen molar-refractivity contribution in [2.45, 2.75) is 6.42 Å². The molecule has 0 saturated carbocycles. The largest absolute Gasteiger partial charge is 0.305 e. The van der Waals surface area contributed by atoms with Gasteiger partial charge < -0.3 is 5.32 Å². The first-order valence-corrected chi connectivity index (χ1v) is 1.99. The molecule has 1 N–H and O–H groups in total. The summed E-state index contributed by atoms with van der Waals surface area (Å²) >= 11 is 0. The van der Waals surface area contributed by atoms with E-state index in [9.17, 15) is 4.79 Å². The molecule has 1 fully saturated rings. The lowest BCUT2D eigenvalue weighted by atomic mass is 10.4. The molecule has 1 saturated heterocycles. The van der Waals surface area contributed by atoms with Crippen LogP contribution in [0.3, 0.4) is 0 Å². The van der Waals surface area contributed by atoms with E-state index in [0.717, 1.165) is 6.54 Å². The van der Waals surface area contributed by atoms with Crippen LogP contribution in [0.25, 0.3) is 0 Å². The van der Waals surface area contributed by atoms with Gasteiger partial charge in [-0.05, 0) is 0 Å². The number of hydrogen-bond donors (Lipinski definition) is 1. The van der Waals surface area contributed by atoms with E-state index < -0.39 is 0 Å². The molecule has 0 aliphatic carbocycles. The molecule has 0 aromatic heterocycles. The Hall–Kier alpha value is -0.370. The normalized spacial score (nSPS) is 22.3. The van der Waals surface area contributed by atoms with Gasteiger partial charge >= 0.3 is 0 Å². The van der Waals surface area contributed by atoms with Crippen LogP contribution in [0.1, 0.15) is 6.42 Å². The van der Waals surface area contributed by atoms with Crippen molar-refractivity contribution in [1.29, 1.82) is 0 Å². The summed E-state index contributed by atoms with van der Waals surface area (Å²) in [6.45, 7) is 2.35. The zero-order valence-corrected chi connectivity index (χ0v) is 3.40. The van der Waals surface area contributed by atoms with Gasteiger partial charge in [0.1, 0.15) is 0 Å². The highest BCUT2D eigenvalue weighted by atomic mass is 16.1. The van der Waals surface area contributed by atoms with Gasteiger partial charge in [-0.2, -0.15) is 0 Å². The van der Waals surface area contributed by atoms with Crippen LogP contribution in [0.4, 0.5) is 0 Å². The van der Waals surface area contributed by atoms with Gasteiger partial charge in [-0.25, -0.2) is 0 Å². The molecule has 0 spiro atoms. The maximum absolute atomic E-state index is 10.1. The standard InChI is InChI=1S/C4H6NO/c6-4-1-2-5-3-4/h3,5H,1-2H2. The lowest BCUT2D eigenvalue weighted by molar-refractivity contribution is -0.114. The molecule has 0 bridgehead atoms. The Morgan fingerprint density at radius 2 is 2.67 bits per heavy atom. The second kappa shape index (κ2) is 1.39. The Kier molecular flexibility index (Phi) is 0.881. The van der Waals surface area contributed by atoms with Gasteiger partial charge in [0.2, 0.25) is 0 Å². The predicted octanol–water partition coefficient (Wildman–Crippen LogP) is -0.289. The summed E-state index contributed by atoms with van der Waals surface area (Å²) in [7, 11) is 0. The van der Waals surface area contributed by atoms with Crippen LogP contribution in [-0.4, -0.2) is 12.3 Å². The van der Waals surface area contributed by atoms with Crippen molar-refractivity contribution in [3.8, 4) is 0 Å². The number of Topliss-reactive ketones (excluding diaryl/α,β-unsaturated/α-hetero) is 1. The highest BCUT2D eigenvalue weighted by Gasteiger charge is 2.06. The zero-order valence-electron chi connectivity index (χ0n) is 3.40. The highest BCUT2D eigenvalue weighted by molar-refractivity contribution is 5.88. The maximum atomic E-state index is 10.1. The SMILES string of the molecule is O=C1[CH]NCC1. The number of rotatable bonds is 0. The van der Waals surface area contributed by atoms with E-state index in [1.165, 1.54) is 6.54 Å². The van der Waals surface area contributed by atoms with E-state index in [4.69, 9.17) is 0 Å². The van der Waals surface area contributed by atoms with Crippen molar-refractivity contribution in [2.75, 3.05) is 6.54 Å². The van der Waals surface area contributed by atoms with Crippen LogP contribution in [0.15, 0.2) is 0 Å². The van der Waals surface area contributed by atoms with E-state index in [1.807, 2.05) is 0 Å². The van der Waals surface area contributed by atoms with Crippen LogP contribution < -0.4 is 5.32 Å². The molecule has 1 rings (SSSR count). The van der Waals surface area contributed by atoms with Crippen molar-refractivity contribution in [1.82, 2.24) is 5.32 Å². The fraction of sp³-hybridized carbons (Fsp3) is 0.500. The molecule has 0 unspecified atom stereocenters. The summed E-state index contributed by atoms with van der Waals surface area (Å²) in [6.07, 6.45) is 0.681. The van der Waals surface area contributed by atoms with Crippen molar-refractivity contribution in [3.63, 3.8) is 0 Å². The Morgan fingerprint density at radius 1 is 1.83 bits per heavy atom. The molecule has 2 heteroatoms. The lowest BCUT2D eigenvalue weighted by Crippen LogP contribution is -2.00. The number of ketones is 1. The molecule has 0 aromatic rings. The third-order valence-corrected chi connectivity index (χ3v) is 0.779. The minimum absolute atomic E-state index is 0.218. The van der Waals surface area contributed by atoms with Gasteiger partial charge in [0.25, 0.3) is 0 Å². The summed E-state index contributed by atoms with van der Waals surface area (Å²) in [5.74, 6) is 0.218. The third-order valence-electron chi connectivity index (χ3n) is 0.779. The monoisotopic (exact) mass is 84.0 g/mol. The number of carbonyl (C=O) groups is 1. The van der Waals surface area contributed by atoms with Crippen molar-refractivity contribution >= 4 is 5.78 Å². The van der Waals surface area contributed by atoms with Gasteiger partial charge in [-0.15, -0.1) is 0 Å². The first-order chi connectivity index (χ1) is 2.89. The van der Waals surface area contributed by atoms with Crippen LogP contribution in [-0.2, 0) is 4.79 Å². The Labute approximate surface area is 36.5 Å². The predicted molar refractivity (Wildman–Crippen MR) is 21.9 cm³/mol. The zero-order chi connectivity index (χ0) is 4.41. The Balaban J connectivity index is 2.37. The second-order valence-electron chi connectivity index (χ2n) is 1.31. The van der Waals surface area contributed by atoms with E-state index in [1.54, 1.807) is 0 Å². The number of carbonyl (C=O) groups excluding carboxylic acids is 1. The fourth-order valence-corrected chi connectivity index (χ4v) is 0.454. The maximum Gasteiger partial charge on any atom is 0.153 e. The lowest BCUT2D eigenvalue weighted by Gasteiger charge is -1.73. The molecule has 1 heterocycles. The van der Waals surface area contributed by atoms with Crippen LogP contribution in [0.5, 0.6) is 0 Å². The highest BCUT2D eigenvalue weighted by Crippen LogP contribution is 1.90. The second-order valence-corrected chi connectivity index (χ2v) is 1.31. The molecule has 1 radical (unpaired) electrons. The molecule has 33 valence electrons. The molecule has 6 heavy (non-hydrogen) atoms. The average Bonchev–Trinajstić information content (AvgIpc) is 1.86. The van der Waals surface area contributed by atoms with Crippen molar-refractivity contribution in [2.24, 2.45) is 0 Å². The molecule has 0 aromatic carbocycles. The minimum atomic E-state index is 0.218. The third kappa shape index (κ3) is 0.571. The van der Waals surface area contributed by atoms with Gasteiger partial charge in [0.05, 0.1) is 6.54 Å². The van der Waals surface area contributed by atoms with Gasteiger partial charge in [-0.3, -0.25) is 4.79 Å². The topological polar surface area (TPSA) is 29.1 Å². The quantitative estimate of drug-likeness (QED) is 0.437. The smallest absolute Gasteiger partial charge is 0.153 e. The average molecular weight is 84.1 g/mol. The number of hydrogen-bond acceptors (Lipinski definition) is 2. The Morgan fingerprint density at radius 3 is 2.83 bits per heavy atom. The van der Waals surface area contributed by atoms with Crippen LogP contribution in [0, 0.1) is 6.54 Å². The van der Waals surface area contributed by atoms with Crippen molar-refractivity contribution in [3.05, 3.63) is 6.54 Å². The first kappa shape index (κ1) is 3.81. The van der Waals surface area contributed by atoms with E-state index in [0.29, 0.717) is 6.42 Å². The summed E-state index contributed by atoms with van der Waals surface area (Å²) in [4.78, 5) is 10.1. The van der Waals surface area contributed by atoms with E-state index >= 15 is 0 Å². The molecule has 1 aliphatic heterocycles. The van der Waals surface area contributed by atoms with Crippen LogP contribution >= 0.6 is 0 Å². The van der Waals surface area contributed by atoms with Gasteiger partial charge in [0.15, 0.2) is 5.78 Å². The fourth-order valence-electron chi connectivity index (χ4n) is 0.454. The van der Waals surface area contributed by atoms with E-state index in [-0.39, 0.29) is 5.78 Å². The number of nitrogens with one attached hydrogen (secondary N) is 1. The Bertz CT molecular complexity index is 61.9. The summed E-state index contributed by atoms with van der Waals surface area (Å²) < 4.78 is 0. The summed E-state index contributed by atoms with van der Waals surface area (Å²) in [5, 5.41) is 2.80. The van der Waals surface area contributed by atoms with Crippen LogP contribution in [0.2, 0.25) is 0 Å². The molecule has 0 atom stereocenters. The molecular weight excluding hydrogens is 78.0 g/mol. The molecular formula is C4H6NO. The van der Waals surface area contributed by atoms with Gasteiger partial charge in [-0.1, -0.05) is 0 Å². The molecule has 0 amide bonds. The molecule has 2 nitrogen and oxygen atoms in total. The van der Waals surface area contributed by atoms with Crippen molar-refractivity contribution < 1.29 is 4.79 Å². The summed E-state index contributed by atoms with van der Waals surface area (Å²) in [5.41, 5.74) is 0. The minimum Gasteiger partial charge on any atom is -0.305 e. The van der Waals surface area contributed by atoms with Gasteiger partial charge in [0, 0.05) is 13.0 Å². The van der Waals surface area contributed by atoms with E-state index in [2.05, 4.69) is 5.32 Å².